The number of hydrogen-bond acceptors (Lipinski definition) is 3. The molecule has 0 spiro atoms. The van der Waals surface area contributed by atoms with E-state index in [0.29, 0.717) is 5.39 Å². The SMILES string of the molecule is Cc1ccc(CN(CC(=O)O)C(=O)c2n[nH]c3ccccc23)cc1. The number of aromatic nitrogens is 2. The van der Waals surface area contributed by atoms with Crippen molar-refractivity contribution >= 4 is 22.8 Å². The molecule has 0 saturated heterocycles. The van der Waals surface area contributed by atoms with Gasteiger partial charge in [0.25, 0.3) is 5.91 Å². The molecule has 6 nitrogen and oxygen atoms in total. The Morgan fingerprint density at radius 3 is 2.54 bits per heavy atom. The van der Waals surface area contributed by atoms with E-state index in [2.05, 4.69) is 10.2 Å². The number of carboxylic acids is 1. The smallest absolute Gasteiger partial charge is 0.323 e. The zero-order chi connectivity index (χ0) is 17.1. The van der Waals surface area contributed by atoms with E-state index in [0.717, 1.165) is 16.6 Å². The summed E-state index contributed by atoms with van der Waals surface area (Å²) in [5.74, 6) is -1.47. The van der Waals surface area contributed by atoms with Gasteiger partial charge in [-0.1, -0.05) is 48.0 Å². The van der Waals surface area contributed by atoms with Crippen LogP contribution in [0.3, 0.4) is 0 Å². The summed E-state index contributed by atoms with van der Waals surface area (Å²) in [5.41, 5.74) is 2.95. The van der Waals surface area contributed by atoms with E-state index < -0.39 is 11.9 Å². The highest BCUT2D eigenvalue weighted by atomic mass is 16.4. The lowest BCUT2D eigenvalue weighted by atomic mass is 10.1. The predicted molar refractivity (Wildman–Crippen MR) is 89.6 cm³/mol. The van der Waals surface area contributed by atoms with Gasteiger partial charge >= 0.3 is 5.97 Å². The number of aliphatic carboxylic acids is 1. The summed E-state index contributed by atoms with van der Waals surface area (Å²) in [6, 6.07) is 14.9. The van der Waals surface area contributed by atoms with Crippen molar-refractivity contribution in [3.05, 3.63) is 65.4 Å². The maximum Gasteiger partial charge on any atom is 0.323 e. The van der Waals surface area contributed by atoms with Crippen LogP contribution >= 0.6 is 0 Å². The monoisotopic (exact) mass is 323 g/mol. The first-order valence-electron chi connectivity index (χ1n) is 7.54. The predicted octanol–water partition coefficient (Wildman–Crippen LogP) is 2.60. The minimum atomic E-state index is -1.06. The minimum absolute atomic E-state index is 0.215. The third-order valence-electron chi connectivity index (χ3n) is 3.78. The maximum absolute atomic E-state index is 12.8. The summed E-state index contributed by atoms with van der Waals surface area (Å²) in [4.78, 5) is 25.3. The van der Waals surface area contributed by atoms with Crippen molar-refractivity contribution < 1.29 is 14.7 Å². The zero-order valence-electron chi connectivity index (χ0n) is 13.2. The van der Waals surface area contributed by atoms with Crippen molar-refractivity contribution in [1.29, 1.82) is 0 Å². The molecule has 122 valence electrons. The van der Waals surface area contributed by atoms with E-state index in [9.17, 15) is 9.59 Å². The molecule has 0 aliphatic heterocycles. The Hall–Kier alpha value is -3.15. The first-order chi connectivity index (χ1) is 11.5. The van der Waals surface area contributed by atoms with Crippen molar-refractivity contribution in [2.24, 2.45) is 0 Å². The van der Waals surface area contributed by atoms with Gasteiger partial charge < -0.3 is 10.0 Å². The van der Waals surface area contributed by atoms with Crippen LogP contribution in [0.25, 0.3) is 10.9 Å². The second kappa shape index (κ2) is 6.54. The van der Waals surface area contributed by atoms with Gasteiger partial charge in [-0.2, -0.15) is 5.10 Å². The lowest BCUT2D eigenvalue weighted by Gasteiger charge is -2.20. The second-order valence-electron chi connectivity index (χ2n) is 5.66. The fraction of sp³-hybridized carbons (Fsp3) is 0.167. The molecule has 1 amide bonds. The van der Waals surface area contributed by atoms with E-state index in [1.165, 1.54) is 4.90 Å². The van der Waals surface area contributed by atoms with E-state index in [4.69, 9.17) is 5.11 Å². The van der Waals surface area contributed by atoms with Crippen LogP contribution in [0.4, 0.5) is 0 Å². The van der Waals surface area contributed by atoms with Gasteiger partial charge in [0.2, 0.25) is 0 Å². The number of rotatable bonds is 5. The Morgan fingerprint density at radius 1 is 1.12 bits per heavy atom. The summed E-state index contributed by atoms with van der Waals surface area (Å²) < 4.78 is 0. The van der Waals surface area contributed by atoms with E-state index in [1.54, 1.807) is 6.07 Å². The fourth-order valence-corrected chi connectivity index (χ4v) is 2.55. The number of hydrogen-bond donors (Lipinski definition) is 2. The molecule has 1 aromatic heterocycles. The van der Waals surface area contributed by atoms with E-state index in [-0.39, 0.29) is 18.8 Å². The van der Waals surface area contributed by atoms with Crippen molar-refractivity contribution in [3.63, 3.8) is 0 Å². The number of benzene rings is 2. The average Bonchev–Trinajstić information content (AvgIpc) is 2.99. The summed E-state index contributed by atoms with van der Waals surface area (Å²) in [5, 5.41) is 16.7. The highest BCUT2D eigenvalue weighted by Crippen LogP contribution is 2.18. The molecule has 0 saturated carbocycles. The number of nitrogens with zero attached hydrogens (tertiary/aromatic N) is 2. The third kappa shape index (κ3) is 3.27. The summed E-state index contributed by atoms with van der Waals surface area (Å²) >= 11 is 0. The van der Waals surface area contributed by atoms with Crippen LogP contribution in [-0.4, -0.2) is 38.6 Å². The quantitative estimate of drug-likeness (QED) is 0.755. The number of aryl methyl sites for hydroxylation is 1. The highest BCUT2D eigenvalue weighted by molar-refractivity contribution is 6.05. The van der Waals surface area contributed by atoms with Crippen molar-refractivity contribution in [3.8, 4) is 0 Å². The van der Waals surface area contributed by atoms with Gasteiger partial charge in [-0.05, 0) is 18.6 Å². The molecule has 2 N–H and O–H groups in total. The van der Waals surface area contributed by atoms with Gasteiger partial charge in [-0.3, -0.25) is 14.7 Å². The molecule has 3 rings (SSSR count). The molecule has 0 fully saturated rings. The molecule has 0 bridgehead atoms. The Kier molecular flexibility index (Phi) is 4.29. The lowest BCUT2D eigenvalue weighted by molar-refractivity contribution is -0.137. The Bertz CT molecular complexity index is 884. The molecule has 3 aromatic rings. The fourth-order valence-electron chi connectivity index (χ4n) is 2.55. The molecule has 1 heterocycles. The van der Waals surface area contributed by atoms with Gasteiger partial charge in [-0.15, -0.1) is 0 Å². The molecule has 24 heavy (non-hydrogen) atoms. The third-order valence-corrected chi connectivity index (χ3v) is 3.78. The summed E-state index contributed by atoms with van der Waals surface area (Å²) in [6.45, 7) is 1.81. The Balaban J connectivity index is 1.91. The lowest BCUT2D eigenvalue weighted by Crippen LogP contribution is -2.35. The largest absolute Gasteiger partial charge is 0.480 e. The van der Waals surface area contributed by atoms with Gasteiger partial charge in [0.05, 0.1) is 5.52 Å². The van der Waals surface area contributed by atoms with Gasteiger partial charge in [-0.25, -0.2) is 0 Å². The topological polar surface area (TPSA) is 86.3 Å². The number of fused-ring (bicyclic) bond motifs is 1. The molecule has 0 atom stereocenters. The summed E-state index contributed by atoms with van der Waals surface area (Å²) in [7, 11) is 0. The second-order valence-corrected chi connectivity index (χ2v) is 5.66. The molecule has 2 aromatic carbocycles. The average molecular weight is 323 g/mol. The molecular formula is C18H17N3O3. The number of para-hydroxylation sites is 1. The van der Waals surface area contributed by atoms with Crippen LogP contribution < -0.4 is 0 Å². The van der Waals surface area contributed by atoms with Crippen molar-refractivity contribution in [1.82, 2.24) is 15.1 Å². The minimum Gasteiger partial charge on any atom is -0.480 e. The van der Waals surface area contributed by atoms with E-state index in [1.807, 2.05) is 49.4 Å². The number of aromatic amines is 1. The van der Waals surface area contributed by atoms with Crippen LogP contribution in [0.2, 0.25) is 0 Å². The van der Waals surface area contributed by atoms with E-state index >= 15 is 0 Å². The number of carbonyl (C=O) groups excluding carboxylic acids is 1. The molecule has 0 unspecified atom stereocenters. The van der Waals surface area contributed by atoms with Gasteiger partial charge in [0.15, 0.2) is 5.69 Å². The van der Waals surface area contributed by atoms with Crippen molar-refractivity contribution in [2.75, 3.05) is 6.54 Å². The first-order valence-corrected chi connectivity index (χ1v) is 7.54. The molecule has 0 radical (unpaired) electrons. The van der Waals surface area contributed by atoms with Crippen LogP contribution in [0.5, 0.6) is 0 Å². The summed E-state index contributed by atoms with van der Waals surface area (Å²) in [6.07, 6.45) is 0. The Morgan fingerprint density at radius 2 is 1.83 bits per heavy atom. The number of H-pyrrole nitrogens is 1. The molecule has 6 heteroatoms. The standard InChI is InChI=1S/C18H17N3O3/c1-12-6-8-13(9-7-12)10-21(11-16(22)23)18(24)17-14-4-2-3-5-15(14)19-20-17/h2-9H,10-11H2,1H3,(H,19,20)(H,22,23). The number of carbonyl (C=O) groups is 2. The molecule has 0 aliphatic rings. The maximum atomic E-state index is 12.8. The van der Waals surface area contributed by atoms with Crippen LogP contribution in [0.1, 0.15) is 21.6 Å². The number of carboxylic acid groups (broad SMARTS) is 1. The number of nitrogens with one attached hydrogen (secondary N) is 1. The zero-order valence-corrected chi connectivity index (χ0v) is 13.2. The highest BCUT2D eigenvalue weighted by Gasteiger charge is 2.23. The van der Waals surface area contributed by atoms with Gasteiger partial charge in [0, 0.05) is 11.9 Å². The Labute approximate surface area is 138 Å². The van der Waals surface area contributed by atoms with Gasteiger partial charge in [0.1, 0.15) is 6.54 Å². The van der Waals surface area contributed by atoms with Crippen LogP contribution in [0.15, 0.2) is 48.5 Å². The number of amides is 1. The van der Waals surface area contributed by atoms with Crippen LogP contribution in [-0.2, 0) is 11.3 Å². The van der Waals surface area contributed by atoms with Crippen molar-refractivity contribution in [2.45, 2.75) is 13.5 Å². The van der Waals surface area contributed by atoms with Crippen LogP contribution in [0, 0.1) is 6.92 Å². The first kappa shape index (κ1) is 15.7. The molecular weight excluding hydrogens is 306 g/mol. The normalized spacial score (nSPS) is 10.7. The molecule has 0 aliphatic carbocycles.